The van der Waals surface area contributed by atoms with Crippen LogP contribution in [-0.2, 0) is 5.54 Å². The van der Waals surface area contributed by atoms with Gasteiger partial charge in [0.1, 0.15) is 0 Å². The summed E-state index contributed by atoms with van der Waals surface area (Å²) in [4.78, 5) is 0. The molecule has 1 aromatic rings. The summed E-state index contributed by atoms with van der Waals surface area (Å²) in [5, 5.41) is 0. The molecular formula is C14H23NS. The summed E-state index contributed by atoms with van der Waals surface area (Å²) in [5.74, 6) is 2.43. The van der Waals surface area contributed by atoms with E-state index in [1.165, 1.54) is 23.5 Å². The number of hydrogen-bond acceptors (Lipinski definition) is 2. The van der Waals surface area contributed by atoms with E-state index in [0.717, 1.165) is 12.8 Å². The van der Waals surface area contributed by atoms with Crippen molar-refractivity contribution >= 4 is 11.8 Å². The fourth-order valence-electron chi connectivity index (χ4n) is 1.93. The molecular weight excluding hydrogens is 214 g/mol. The molecule has 0 fully saturated rings. The highest BCUT2D eigenvalue weighted by Gasteiger charge is 2.23. The fourth-order valence-corrected chi connectivity index (χ4v) is 2.57. The number of hydrogen-bond donors (Lipinski definition) is 1. The topological polar surface area (TPSA) is 26.0 Å². The zero-order valence-corrected chi connectivity index (χ0v) is 11.2. The van der Waals surface area contributed by atoms with Gasteiger partial charge in [-0.05, 0) is 36.3 Å². The number of nitrogens with two attached hydrogens (primary N) is 1. The quantitative estimate of drug-likeness (QED) is 0.730. The highest BCUT2D eigenvalue weighted by Crippen LogP contribution is 2.27. The molecule has 1 atom stereocenters. The fraction of sp³-hybridized carbons (Fsp3) is 0.571. The first-order valence-corrected chi connectivity index (χ1v) is 7.30. The van der Waals surface area contributed by atoms with Crippen LogP contribution < -0.4 is 5.73 Å². The summed E-state index contributed by atoms with van der Waals surface area (Å²) in [5.41, 5.74) is 7.64. The van der Waals surface area contributed by atoms with Gasteiger partial charge >= 0.3 is 0 Å². The molecule has 0 heterocycles. The third kappa shape index (κ3) is 3.84. The minimum atomic E-state index is -0.129. The Labute approximate surface area is 104 Å². The highest BCUT2D eigenvalue weighted by atomic mass is 32.2. The van der Waals surface area contributed by atoms with E-state index in [2.05, 4.69) is 38.1 Å². The molecule has 0 saturated heterocycles. The number of benzene rings is 1. The predicted octanol–water partition coefficient (Wildman–Crippen LogP) is 3.78. The lowest BCUT2D eigenvalue weighted by molar-refractivity contribution is 0.391. The van der Waals surface area contributed by atoms with Crippen molar-refractivity contribution in [1.82, 2.24) is 0 Å². The molecule has 0 spiro atoms. The lowest BCUT2D eigenvalue weighted by Crippen LogP contribution is -2.36. The van der Waals surface area contributed by atoms with Gasteiger partial charge in [0, 0.05) is 5.54 Å². The van der Waals surface area contributed by atoms with Gasteiger partial charge < -0.3 is 5.73 Å². The molecule has 16 heavy (non-hydrogen) atoms. The van der Waals surface area contributed by atoms with Crippen molar-refractivity contribution in [2.24, 2.45) is 5.73 Å². The van der Waals surface area contributed by atoms with Crippen LogP contribution in [0.3, 0.4) is 0 Å². The Balaban J connectivity index is 2.56. The first-order chi connectivity index (χ1) is 7.73. The van der Waals surface area contributed by atoms with Gasteiger partial charge in [-0.15, -0.1) is 0 Å². The third-order valence-corrected chi connectivity index (χ3v) is 4.08. The minimum absolute atomic E-state index is 0.129. The molecule has 0 radical (unpaired) electrons. The Bertz CT molecular complexity index is 286. The van der Waals surface area contributed by atoms with Crippen molar-refractivity contribution in [2.75, 3.05) is 11.5 Å². The Morgan fingerprint density at radius 2 is 1.88 bits per heavy atom. The molecule has 0 saturated carbocycles. The van der Waals surface area contributed by atoms with E-state index in [0.29, 0.717) is 0 Å². The van der Waals surface area contributed by atoms with Gasteiger partial charge in [-0.25, -0.2) is 0 Å². The van der Waals surface area contributed by atoms with Crippen LogP contribution in [0.15, 0.2) is 30.3 Å². The molecule has 0 aliphatic rings. The molecule has 0 aliphatic carbocycles. The maximum absolute atomic E-state index is 6.49. The molecule has 1 aromatic carbocycles. The van der Waals surface area contributed by atoms with Crippen molar-refractivity contribution in [1.29, 1.82) is 0 Å². The second-order valence-electron chi connectivity index (χ2n) is 4.18. The Hall–Kier alpha value is -0.470. The Morgan fingerprint density at radius 1 is 1.19 bits per heavy atom. The average molecular weight is 237 g/mol. The van der Waals surface area contributed by atoms with Crippen molar-refractivity contribution in [3.63, 3.8) is 0 Å². The SMILES string of the molecule is CCSCCCC(N)(CC)c1ccccc1. The molecule has 0 amide bonds. The minimum Gasteiger partial charge on any atom is -0.321 e. The number of rotatable bonds is 7. The first kappa shape index (κ1) is 13.6. The van der Waals surface area contributed by atoms with E-state index >= 15 is 0 Å². The van der Waals surface area contributed by atoms with Crippen molar-refractivity contribution in [3.8, 4) is 0 Å². The first-order valence-electron chi connectivity index (χ1n) is 6.15. The van der Waals surface area contributed by atoms with Gasteiger partial charge in [-0.3, -0.25) is 0 Å². The zero-order chi connectivity index (χ0) is 11.9. The molecule has 0 aromatic heterocycles. The molecule has 90 valence electrons. The largest absolute Gasteiger partial charge is 0.321 e. The summed E-state index contributed by atoms with van der Waals surface area (Å²) >= 11 is 2.00. The van der Waals surface area contributed by atoms with E-state index < -0.39 is 0 Å². The monoisotopic (exact) mass is 237 g/mol. The van der Waals surface area contributed by atoms with E-state index in [-0.39, 0.29) is 5.54 Å². The van der Waals surface area contributed by atoms with Crippen molar-refractivity contribution < 1.29 is 0 Å². The second-order valence-corrected chi connectivity index (χ2v) is 5.57. The van der Waals surface area contributed by atoms with Crippen LogP contribution in [0.5, 0.6) is 0 Å². The highest BCUT2D eigenvalue weighted by molar-refractivity contribution is 7.99. The molecule has 1 rings (SSSR count). The maximum atomic E-state index is 6.49. The van der Waals surface area contributed by atoms with Gasteiger partial charge in [0.2, 0.25) is 0 Å². The second kappa shape index (κ2) is 6.97. The standard InChI is InChI=1S/C14H23NS/c1-3-14(15,11-8-12-16-4-2)13-9-6-5-7-10-13/h5-7,9-10H,3-4,8,11-12,15H2,1-2H3. The normalized spacial score (nSPS) is 14.7. The summed E-state index contributed by atoms with van der Waals surface area (Å²) in [6, 6.07) is 10.5. The molecule has 2 heteroatoms. The summed E-state index contributed by atoms with van der Waals surface area (Å²) < 4.78 is 0. The molecule has 1 nitrogen and oxygen atoms in total. The molecule has 1 unspecified atom stereocenters. The Kier molecular flexibility index (Phi) is 5.93. The lowest BCUT2D eigenvalue weighted by atomic mass is 9.84. The molecule has 0 bridgehead atoms. The van der Waals surface area contributed by atoms with Crippen molar-refractivity contribution in [2.45, 2.75) is 38.6 Å². The van der Waals surface area contributed by atoms with Crippen molar-refractivity contribution in [3.05, 3.63) is 35.9 Å². The van der Waals surface area contributed by atoms with E-state index in [1.54, 1.807) is 0 Å². The van der Waals surface area contributed by atoms with Gasteiger partial charge in [-0.1, -0.05) is 44.2 Å². The number of thioether (sulfide) groups is 1. The van der Waals surface area contributed by atoms with Gasteiger partial charge in [0.15, 0.2) is 0 Å². The summed E-state index contributed by atoms with van der Waals surface area (Å²) in [7, 11) is 0. The van der Waals surface area contributed by atoms with E-state index in [9.17, 15) is 0 Å². The predicted molar refractivity (Wildman–Crippen MR) is 74.8 cm³/mol. The van der Waals surface area contributed by atoms with Crippen LogP contribution in [0.1, 0.15) is 38.7 Å². The molecule has 0 aliphatic heterocycles. The smallest absolute Gasteiger partial charge is 0.0407 e. The van der Waals surface area contributed by atoms with Crippen LogP contribution in [0.2, 0.25) is 0 Å². The van der Waals surface area contributed by atoms with Gasteiger partial charge in [-0.2, -0.15) is 11.8 Å². The van der Waals surface area contributed by atoms with Crippen LogP contribution in [0, 0.1) is 0 Å². The lowest BCUT2D eigenvalue weighted by Gasteiger charge is -2.28. The third-order valence-electron chi connectivity index (χ3n) is 3.10. The molecule has 2 N–H and O–H groups in total. The van der Waals surface area contributed by atoms with Gasteiger partial charge in [0.25, 0.3) is 0 Å². The summed E-state index contributed by atoms with van der Waals surface area (Å²) in [6.45, 7) is 4.39. The average Bonchev–Trinajstić information content (AvgIpc) is 2.35. The summed E-state index contributed by atoms with van der Waals surface area (Å²) in [6.07, 6.45) is 3.30. The zero-order valence-electron chi connectivity index (χ0n) is 10.4. The maximum Gasteiger partial charge on any atom is 0.0407 e. The van der Waals surface area contributed by atoms with Crippen LogP contribution in [-0.4, -0.2) is 11.5 Å². The van der Waals surface area contributed by atoms with E-state index in [1.807, 2.05) is 17.8 Å². The van der Waals surface area contributed by atoms with Crippen LogP contribution in [0.25, 0.3) is 0 Å². The van der Waals surface area contributed by atoms with Crippen LogP contribution >= 0.6 is 11.8 Å². The Morgan fingerprint density at radius 3 is 2.44 bits per heavy atom. The van der Waals surface area contributed by atoms with Gasteiger partial charge in [0.05, 0.1) is 0 Å². The van der Waals surface area contributed by atoms with Crippen LogP contribution in [0.4, 0.5) is 0 Å². The van der Waals surface area contributed by atoms with E-state index in [4.69, 9.17) is 5.73 Å².